The molecule has 0 saturated carbocycles. The maximum atomic E-state index is 4.34. The fourth-order valence-corrected chi connectivity index (χ4v) is 1.17. The van der Waals surface area contributed by atoms with Crippen LogP contribution in [-0.4, -0.2) is 33.8 Å². The van der Waals surface area contributed by atoms with Crippen molar-refractivity contribution in [1.29, 1.82) is 0 Å². The first-order chi connectivity index (χ1) is 5.81. The number of aliphatic imine (C=N–C) groups is 1. The summed E-state index contributed by atoms with van der Waals surface area (Å²) in [6.45, 7) is 6.35. The molecule has 0 aromatic rings. The summed E-state index contributed by atoms with van der Waals surface area (Å²) >= 11 is 2.93. The zero-order valence-electron chi connectivity index (χ0n) is 8.10. The first-order valence-corrected chi connectivity index (χ1v) is 5.62. The standard InChI is InChI=1S/C9H19N2Se/c1-3-5-7-10-9(12)11-8-6-4-2/h3-8H2,1-2H3,(H,10,11). The van der Waals surface area contributed by atoms with Crippen LogP contribution < -0.4 is 5.32 Å². The van der Waals surface area contributed by atoms with E-state index in [9.17, 15) is 0 Å². The topological polar surface area (TPSA) is 24.4 Å². The van der Waals surface area contributed by atoms with Gasteiger partial charge in [0.2, 0.25) is 0 Å². The fraction of sp³-hybridized carbons (Fsp3) is 0.889. The van der Waals surface area contributed by atoms with Gasteiger partial charge in [0.05, 0.1) is 0 Å². The van der Waals surface area contributed by atoms with Crippen molar-refractivity contribution >= 4 is 20.7 Å². The molecule has 1 radical (unpaired) electrons. The van der Waals surface area contributed by atoms with E-state index in [-0.39, 0.29) is 0 Å². The number of amidine groups is 1. The second kappa shape index (κ2) is 9.08. The van der Waals surface area contributed by atoms with Crippen LogP contribution in [0.3, 0.4) is 0 Å². The van der Waals surface area contributed by atoms with Crippen LogP contribution in [-0.2, 0) is 0 Å². The summed E-state index contributed by atoms with van der Waals surface area (Å²) in [5.74, 6) is 0. The third-order valence-electron chi connectivity index (χ3n) is 1.57. The van der Waals surface area contributed by atoms with Gasteiger partial charge in [-0.15, -0.1) is 0 Å². The van der Waals surface area contributed by atoms with E-state index in [2.05, 4.69) is 40.2 Å². The van der Waals surface area contributed by atoms with Crippen molar-refractivity contribution in [1.82, 2.24) is 5.32 Å². The van der Waals surface area contributed by atoms with Crippen molar-refractivity contribution in [3.8, 4) is 0 Å². The molecule has 0 rings (SSSR count). The Bertz CT molecular complexity index is 124. The Labute approximate surface area is 84.0 Å². The second-order valence-corrected chi connectivity index (χ2v) is 3.63. The zero-order chi connectivity index (χ0) is 9.23. The van der Waals surface area contributed by atoms with Gasteiger partial charge in [0.25, 0.3) is 0 Å². The van der Waals surface area contributed by atoms with Crippen LogP contribution in [0.1, 0.15) is 39.5 Å². The summed E-state index contributed by atoms with van der Waals surface area (Å²) in [5, 5.41) is 3.24. The predicted molar refractivity (Wildman–Crippen MR) is 55.9 cm³/mol. The first-order valence-electron chi connectivity index (χ1n) is 4.76. The average molecular weight is 234 g/mol. The van der Waals surface area contributed by atoms with Gasteiger partial charge in [0, 0.05) is 0 Å². The number of hydrogen-bond donors (Lipinski definition) is 1. The van der Waals surface area contributed by atoms with E-state index >= 15 is 0 Å². The Morgan fingerprint density at radius 2 is 1.92 bits per heavy atom. The van der Waals surface area contributed by atoms with Gasteiger partial charge in [-0.2, -0.15) is 0 Å². The van der Waals surface area contributed by atoms with E-state index < -0.39 is 0 Å². The Morgan fingerprint density at radius 1 is 1.25 bits per heavy atom. The van der Waals surface area contributed by atoms with E-state index in [1.54, 1.807) is 0 Å². The molecule has 2 nitrogen and oxygen atoms in total. The summed E-state index contributed by atoms with van der Waals surface area (Å²) in [6.07, 6.45) is 4.84. The van der Waals surface area contributed by atoms with Gasteiger partial charge < -0.3 is 0 Å². The number of unbranched alkanes of at least 4 members (excludes halogenated alkanes) is 2. The number of nitrogens with zero attached hydrogens (tertiary/aromatic N) is 1. The molecule has 0 aliphatic rings. The van der Waals surface area contributed by atoms with E-state index in [1.165, 1.54) is 25.7 Å². The first kappa shape index (κ1) is 12.0. The molecule has 0 spiro atoms. The van der Waals surface area contributed by atoms with Gasteiger partial charge in [-0.25, -0.2) is 0 Å². The Hall–Kier alpha value is -0.0105. The molecule has 0 heterocycles. The molecule has 71 valence electrons. The minimum absolute atomic E-state index is 0.942. The summed E-state index contributed by atoms with van der Waals surface area (Å²) < 4.78 is 0.969. The molecule has 1 N–H and O–H groups in total. The molecule has 0 bridgehead atoms. The molecule has 0 aliphatic carbocycles. The molecule has 0 fully saturated rings. The van der Waals surface area contributed by atoms with E-state index in [0.29, 0.717) is 0 Å². The van der Waals surface area contributed by atoms with E-state index in [4.69, 9.17) is 0 Å². The molecule has 0 aromatic carbocycles. The quantitative estimate of drug-likeness (QED) is 0.322. The molecule has 0 atom stereocenters. The predicted octanol–water partition coefficient (Wildman–Crippen LogP) is 1.70. The summed E-state index contributed by atoms with van der Waals surface area (Å²) in [4.78, 5) is 4.34. The van der Waals surface area contributed by atoms with E-state index in [0.717, 1.165) is 17.8 Å². The van der Waals surface area contributed by atoms with Crippen molar-refractivity contribution in [2.75, 3.05) is 13.1 Å². The molecule has 3 heteroatoms. The number of rotatable bonds is 6. The van der Waals surface area contributed by atoms with Crippen molar-refractivity contribution in [2.45, 2.75) is 39.5 Å². The van der Waals surface area contributed by atoms with Crippen molar-refractivity contribution < 1.29 is 0 Å². The zero-order valence-corrected chi connectivity index (χ0v) is 9.81. The minimum atomic E-state index is 0.942. The molecular weight excluding hydrogens is 215 g/mol. The van der Waals surface area contributed by atoms with Crippen LogP contribution in [0.4, 0.5) is 0 Å². The van der Waals surface area contributed by atoms with Gasteiger partial charge in [0.1, 0.15) is 0 Å². The molecule has 0 saturated heterocycles. The van der Waals surface area contributed by atoms with Crippen LogP contribution in [0.5, 0.6) is 0 Å². The molecule has 0 unspecified atom stereocenters. The molecule has 0 amide bonds. The Morgan fingerprint density at radius 3 is 2.50 bits per heavy atom. The van der Waals surface area contributed by atoms with E-state index in [1.807, 2.05) is 0 Å². The third-order valence-corrected chi connectivity index (χ3v) is 2.15. The molecule has 0 aromatic heterocycles. The Balaban J connectivity index is 3.29. The maximum absolute atomic E-state index is 4.34. The summed E-state index contributed by atoms with van der Waals surface area (Å²) in [5.41, 5.74) is 0. The van der Waals surface area contributed by atoms with Crippen molar-refractivity contribution in [3.63, 3.8) is 0 Å². The molecule has 12 heavy (non-hydrogen) atoms. The van der Waals surface area contributed by atoms with Gasteiger partial charge in [-0.3, -0.25) is 0 Å². The number of hydrogen-bond acceptors (Lipinski definition) is 1. The average Bonchev–Trinajstić information content (AvgIpc) is 2.06. The van der Waals surface area contributed by atoms with Gasteiger partial charge >= 0.3 is 83.7 Å². The number of nitrogens with one attached hydrogen (secondary N) is 1. The third kappa shape index (κ3) is 8.09. The van der Waals surface area contributed by atoms with Crippen LogP contribution in [0, 0.1) is 0 Å². The normalized spacial score (nSPS) is 11.7. The van der Waals surface area contributed by atoms with Crippen molar-refractivity contribution in [2.24, 2.45) is 4.99 Å². The summed E-state index contributed by atoms with van der Waals surface area (Å²) in [6, 6.07) is 0. The summed E-state index contributed by atoms with van der Waals surface area (Å²) in [7, 11) is 0. The van der Waals surface area contributed by atoms with Crippen LogP contribution in [0.2, 0.25) is 0 Å². The van der Waals surface area contributed by atoms with Crippen LogP contribution in [0.25, 0.3) is 0 Å². The molecule has 0 aliphatic heterocycles. The monoisotopic (exact) mass is 235 g/mol. The van der Waals surface area contributed by atoms with Gasteiger partial charge in [0.15, 0.2) is 0 Å². The SMILES string of the molecule is CCCCN=C([Se])NCCCC. The van der Waals surface area contributed by atoms with Gasteiger partial charge in [-0.1, -0.05) is 0 Å². The second-order valence-electron chi connectivity index (χ2n) is 2.82. The van der Waals surface area contributed by atoms with Crippen LogP contribution >= 0.6 is 0 Å². The van der Waals surface area contributed by atoms with Crippen molar-refractivity contribution in [3.05, 3.63) is 0 Å². The molecular formula is C9H19N2Se. The fourth-order valence-electron chi connectivity index (χ4n) is 0.767. The van der Waals surface area contributed by atoms with Gasteiger partial charge in [-0.05, 0) is 0 Å². The Kier molecular flexibility index (Phi) is 9.07. The van der Waals surface area contributed by atoms with Crippen LogP contribution in [0.15, 0.2) is 4.99 Å².